The number of nitrogens with one attached hydrogen (secondary N) is 1. The Morgan fingerprint density at radius 2 is 1.80 bits per heavy atom. The van der Waals surface area contributed by atoms with Gasteiger partial charge in [-0.15, -0.1) is 0 Å². The van der Waals surface area contributed by atoms with Crippen molar-refractivity contribution in [2.75, 3.05) is 44.3 Å². The first-order valence-corrected chi connectivity index (χ1v) is 13.4. The molecule has 208 valence electrons. The van der Waals surface area contributed by atoms with E-state index in [1.807, 2.05) is 18.0 Å². The van der Waals surface area contributed by atoms with E-state index in [0.717, 1.165) is 37.6 Å². The Morgan fingerprint density at radius 1 is 1.07 bits per heavy atom. The number of likely N-dealkylation sites (N-methyl/N-ethyl adjacent to an activating group) is 1. The van der Waals surface area contributed by atoms with E-state index in [1.165, 1.54) is 30.3 Å². The highest BCUT2D eigenvalue weighted by Gasteiger charge is 2.34. The Hall–Kier alpha value is -3.58. The highest BCUT2D eigenvalue weighted by atomic mass is 35.5. The number of carbonyl (C=O) groups is 1. The first-order chi connectivity index (χ1) is 19.1. The van der Waals surface area contributed by atoms with Gasteiger partial charge in [0.15, 0.2) is 0 Å². The number of nitrogens with zero attached hydrogens (tertiary/aromatic N) is 3. The Kier molecular flexibility index (Phi) is 8.04. The van der Waals surface area contributed by atoms with Crippen molar-refractivity contribution in [1.29, 1.82) is 0 Å². The normalized spacial score (nSPS) is 16.3. The summed E-state index contributed by atoms with van der Waals surface area (Å²) >= 11 is 6.32. The molecule has 6 nitrogen and oxygen atoms in total. The number of halogens is 4. The molecule has 1 aliphatic heterocycles. The Morgan fingerprint density at radius 3 is 2.50 bits per heavy atom. The summed E-state index contributed by atoms with van der Waals surface area (Å²) in [6, 6.07) is 10.4. The number of anilines is 2. The lowest BCUT2D eigenvalue weighted by atomic mass is 10.0. The third-order valence-electron chi connectivity index (χ3n) is 7.21. The van der Waals surface area contributed by atoms with Crippen molar-refractivity contribution < 1.29 is 18.0 Å². The third-order valence-corrected chi connectivity index (χ3v) is 7.54. The molecule has 0 radical (unpaired) electrons. The monoisotopic (exact) mass is 567 g/mol. The fraction of sp³-hybridized carbons (Fsp3) is 0.333. The molecule has 0 atom stereocenters. The van der Waals surface area contributed by atoms with E-state index < -0.39 is 17.6 Å². The van der Waals surface area contributed by atoms with E-state index in [4.69, 9.17) is 17.3 Å². The van der Waals surface area contributed by atoms with Crippen molar-refractivity contribution in [2.45, 2.75) is 31.5 Å². The van der Waals surface area contributed by atoms with E-state index >= 15 is 0 Å². The summed E-state index contributed by atoms with van der Waals surface area (Å²) in [6.45, 7) is 3.20. The van der Waals surface area contributed by atoms with Crippen molar-refractivity contribution in [3.63, 3.8) is 0 Å². The molecule has 1 aromatic heterocycles. The number of nitrogen functional groups attached to an aromatic ring is 1. The molecule has 2 heterocycles. The SMILES string of the molecule is CN1CCN(Cc2ccc(NC(=O)c3ccc(Cl)c(C#Cc4cc(C5CC5)cnc4N)c3)cc2C(F)(F)F)CC1. The van der Waals surface area contributed by atoms with Gasteiger partial charge < -0.3 is 16.0 Å². The number of amides is 1. The molecule has 1 saturated heterocycles. The first-order valence-electron chi connectivity index (χ1n) is 13.1. The minimum atomic E-state index is -4.56. The molecule has 0 unspecified atom stereocenters. The van der Waals surface area contributed by atoms with Crippen LogP contribution >= 0.6 is 11.6 Å². The van der Waals surface area contributed by atoms with Crippen LogP contribution in [0.25, 0.3) is 0 Å². The zero-order valence-electron chi connectivity index (χ0n) is 22.0. The van der Waals surface area contributed by atoms with Crippen LogP contribution in [0, 0.1) is 11.8 Å². The highest BCUT2D eigenvalue weighted by molar-refractivity contribution is 6.32. The Bertz CT molecular complexity index is 1480. The molecule has 0 spiro atoms. The molecule has 1 saturated carbocycles. The summed E-state index contributed by atoms with van der Waals surface area (Å²) in [5.41, 5.74) is 7.73. The lowest BCUT2D eigenvalue weighted by Gasteiger charge is -2.33. The maximum atomic E-state index is 13.9. The Labute approximate surface area is 236 Å². The molecule has 3 aromatic rings. The number of hydrogen-bond acceptors (Lipinski definition) is 5. The topological polar surface area (TPSA) is 74.5 Å². The van der Waals surface area contributed by atoms with Crippen LogP contribution in [0.3, 0.4) is 0 Å². The van der Waals surface area contributed by atoms with Gasteiger partial charge in [0.25, 0.3) is 5.91 Å². The van der Waals surface area contributed by atoms with Crippen molar-refractivity contribution in [1.82, 2.24) is 14.8 Å². The molecule has 0 bridgehead atoms. The summed E-state index contributed by atoms with van der Waals surface area (Å²) in [5.74, 6) is 6.17. The molecular formula is C30H29ClF3N5O. The quantitative estimate of drug-likeness (QED) is 0.392. The van der Waals surface area contributed by atoms with Crippen molar-refractivity contribution in [3.05, 3.63) is 87.1 Å². The second-order valence-corrected chi connectivity index (χ2v) is 10.7. The molecule has 2 fully saturated rings. The van der Waals surface area contributed by atoms with Crippen LogP contribution in [0.2, 0.25) is 5.02 Å². The van der Waals surface area contributed by atoms with E-state index in [0.29, 0.717) is 41.0 Å². The molecule has 1 aliphatic carbocycles. The van der Waals surface area contributed by atoms with Crippen LogP contribution in [0.15, 0.2) is 48.7 Å². The maximum Gasteiger partial charge on any atom is 0.416 e. The second kappa shape index (κ2) is 11.5. The van der Waals surface area contributed by atoms with Crippen LogP contribution < -0.4 is 11.1 Å². The average molecular weight is 568 g/mol. The maximum absolute atomic E-state index is 13.9. The van der Waals surface area contributed by atoms with Crippen LogP contribution in [0.5, 0.6) is 0 Å². The van der Waals surface area contributed by atoms with Crippen LogP contribution in [-0.2, 0) is 12.7 Å². The molecule has 40 heavy (non-hydrogen) atoms. The second-order valence-electron chi connectivity index (χ2n) is 10.3. The van der Waals surface area contributed by atoms with E-state index in [9.17, 15) is 18.0 Å². The minimum absolute atomic E-state index is 0.0535. The average Bonchev–Trinajstić information content (AvgIpc) is 3.76. The molecule has 2 aromatic carbocycles. The fourth-order valence-corrected chi connectivity index (χ4v) is 4.80. The standard InChI is InChI=1S/C30H29ClF3N5O/c1-38-10-12-39(13-11-38)18-23-6-8-25(16-26(23)30(32,33)34)37-29(40)22-7-9-27(31)20(14-22)4-5-21-15-24(19-2-3-19)17-36-28(21)35/h6-9,14-17,19H,2-3,10-13,18H2,1H3,(H2,35,36)(H,37,40). The summed E-state index contributed by atoms with van der Waals surface area (Å²) < 4.78 is 41.8. The van der Waals surface area contributed by atoms with Gasteiger partial charge in [-0.2, -0.15) is 13.2 Å². The zero-order chi connectivity index (χ0) is 28.4. The van der Waals surface area contributed by atoms with E-state index in [-0.39, 0.29) is 23.4 Å². The van der Waals surface area contributed by atoms with Gasteiger partial charge >= 0.3 is 6.18 Å². The molecule has 1 amide bonds. The minimum Gasteiger partial charge on any atom is -0.383 e. The van der Waals surface area contributed by atoms with Gasteiger partial charge in [-0.05, 0) is 73.3 Å². The van der Waals surface area contributed by atoms with E-state index in [2.05, 4.69) is 27.0 Å². The fourth-order valence-electron chi connectivity index (χ4n) is 4.63. The number of carbonyl (C=O) groups excluding carboxylic acids is 1. The number of alkyl halides is 3. The number of pyridine rings is 1. The highest BCUT2D eigenvalue weighted by Crippen LogP contribution is 2.40. The number of piperazine rings is 1. The number of rotatable bonds is 5. The molecular weight excluding hydrogens is 539 g/mol. The predicted octanol–water partition coefficient (Wildman–Crippen LogP) is 5.61. The van der Waals surface area contributed by atoms with E-state index in [1.54, 1.807) is 6.20 Å². The largest absolute Gasteiger partial charge is 0.416 e. The van der Waals surface area contributed by atoms with Gasteiger partial charge in [0, 0.05) is 55.7 Å². The summed E-state index contributed by atoms with van der Waals surface area (Å²) in [5, 5.41) is 2.92. The number of aromatic nitrogens is 1. The number of nitrogens with two attached hydrogens (primary N) is 1. The summed E-state index contributed by atoms with van der Waals surface area (Å²) in [7, 11) is 1.99. The first kappa shape index (κ1) is 28.0. The van der Waals surface area contributed by atoms with Gasteiger partial charge in [0.1, 0.15) is 5.82 Å². The predicted molar refractivity (Wildman–Crippen MR) is 150 cm³/mol. The lowest BCUT2D eigenvalue weighted by Crippen LogP contribution is -2.44. The zero-order valence-corrected chi connectivity index (χ0v) is 22.7. The van der Waals surface area contributed by atoms with Gasteiger partial charge in [0.05, 0.1) is 16.1 Å². The number of benzene rings is 2. The van der Waals surface area contributed by atoms with Gasteiger partial charge in [-0.3, -0.25) is 9.69 Å². The summed E-state index contributed by atoms with van der Waals surface area (Å²) in [4.78, 5) is 21.4. The van der Waals surface area contributed by atoms with Gasteiger partial charge in [-0.25, -0.2) is 4.98 Å². The molecule has 10 heteroatoms. The number of hydrogen-bond donors (Lipinski definition) is 2. The molecule has 5 rings (SSSR count). The van der Waals surface area contributed by atoms with Crippen molar-refractivity contribution in [3.8, 4) is 11.8 Å². The van der Waals surface area contributed by atoms with Gasteiger partial charge in [-0.1, -0.05) is 29.5 Å². The van der Waals surface area contributed by atoms with Crippen molar-refractivity contribution >= 4 is 29.0 Å². The molecule has 2 aliphatic rings. The Balaban J connectivity index is 1.34. The molecule has 3 N–H and O–H groups in total. The van der Waals surface area contributed by atoms with Crippen LogP contribution in [0.4, 0.5) is 24.7 Å². The lowest BCUT2D eigenvalue weighted by molar-refractivity contribution is -0.138. The van der Waals surface area contributed by atoms with Crippen LogP contribution in [0.1, 0.15) is 56.9 Å². The van der Waals surface area contributed by atoms with Crippen molar-refractivity contribution in [2.24, 2.45) is 0 Å². The van der Waals surface area contributed by atoms with Gasteiger partial charge in [0.2, 0.25) is 0 Å². The smallest absolute Gasteiger partial charge is 0.383 e. The third kappa shape index (κ3) is 6.76. The van der Waals surface area contributed by atoms with Crippen LogP contribution in [-0.4, -0.2) is 53.9 Å². The summed E-state index contributed by atoms with van der Waals surface area (Å²) in [6.07, 6.45) is -0.561.